The molecule has 1 aliphatic carbocycles. The van der Waals surface area contributed by atoms with Crippen LogP contribution in [-0.4, -0.2) is 19.3 Å². The quantitative estimate of drug-likeness (QED) is 0.653. The minimum absolute atomic E-state index is 0.120. The third-order valence-corrected chi connectivity index (χ3v) is 3.00. The third-order valence-electron chi connectivity index (χ3n) is 3.00. The van der Waals surface area contributed by atoms with Crippen molar-refractivity contribution in [2.45, 2.75) is 31.8 Å². The van der Waals surface area contributed by atoms with Crippen LogP contribution in [0.3, 0.4) is 0 Å². The lowest BCUT2D eigenvalue weighted by Crippen LogP contribution is -2.44. The van der Waals surface area contributed by atoms with Gasteiger partial charge in [0.1, 0.15) is 0 Å². The molecule has 2 heteroatoms. The molecule has 0 amide bonds. The van der Waals surface area contributed by atoms with Gasteiger partial charge in [0.2, 0.25) is 0 Å². The highest BCUT2D eigenvalue weighted by Gasteiger charge is 2.32. The molecule has 2 nitrogen and oxygen atoms in total. The summed E-state index contributed by atoms with van der Waals surface area (Å²) in [6.07, 6.45) is 7.97. The van der Waals surface area contributed by atoms with Crippen LogP contribution >= 0.6 is 0 Å². The number of nitrogens with two attached hydrogens (primary N) is 1. The topological polar surface area (TPSA) is 35.2 Å². The second-order valence-electron chi connectivity index (χ2n) is 3.70. The van der Waals surface area contributed by atoms with Crippen molar-refractivity contribution in [3.8, 4) is 0 Å². The molecule has 0 heterocycles. The predicted molar refractivity (Wildman–Crippen MR) is 50.9 cm³/mol. The summed E-state index contributed by atoms with van der Waals surface area (Å²) in [5, 5.41) is 0. The van der Waals surface area contributed by atoms with Crippen molar-refractivity contribution in [3.05, 3.63) is 12.2 Å². The summed E-state index contributed by atoms with van der Waals surface area (Å²) in [5.41, 5.74) is 5.58. The number of hydrogen-bond acceptors (Lipinski definition) is 2. The molecule has 2 atom stereocenters. The van der Waals surface area contributed by atoms with E-state index >= 15 is 0 Å². The van der Waals surface area contributed by atoms with Gasteiger partial charge in [0.05, 0.1) is 5.60 Å². The number of allylic oxidation sites excluding steroid dienone is 2. The molecule has 2 unspecified atom stereocenters. The summed E-state index contributed by atoms with van der Waals surface area (Å²) in [6, 6.07) is 0. The number of rotatable bonds is 3. The lowest BCUT2D eigenvalue weighted by molar-refractivity contribution is -0.0387. The van der Waals surface area contributed by atoms with Gasteiger partial charge in [-0.3, -0.25) is 0 Å². The first-order valence-electron chi connectivity index (χ1n) is 4.63. The third kappa shape index (κ3) is 1.87. The van der Waals surface area contributed by atoms with Crippen molar-refractivity contribution in [2.75, 3.05) is 13.7 Å². The van der Waals surface area contributed by atoms with Gasteiger partial charge in [0.15, 0.2) is 0 Å². The Labute approximate surface area is 74.8 Å². The van der Waals surface area contributed by atoms with Crippen LogP contribution in [0.2, 0.25) is 0 Å². The smallest absolute Gasteiger partial charge is 0.0803 e. The second-order valence-corrected chi connectivity index (χ2v) is 3.70. The molecule has 70 valence electrons. The Hall–Kier alpha value is -0.340. The standard InChI is InChI=1S/C10H19NO/c1-10(8-11,12-2)9-6-4-3-5-7-9/h3-4,9H,5-8,11H2,1-2H3. The van der Waals surface area contributed by atoms with E-state index < -0.39 is 0 Å². The molecule has 0 radical (unpaired) electrons. The average Bonchev–Trinajstić information content (AvgIpc) is 2.18. The van der Waals surface area contributed by atoms with Crippen LogP contribution in [0.25, 0.3) is 0 Å². The van der Waals surface area contributed by atoms with E-state index in [-0.39, 0.29) is 5.60 Å². The highest BCUT2D eigenvalue weighted by atomic mass is 16.5. The van der Waals surface area contributed by atoms with Gasteiger partial charge >= 0.3 is 0 Å². The normalized spacial score (nSPS) is 28.4. The van der Waals surface area contributed by atoms with Gasteiger partial charge in [0.25, 0.3) is 0 Å². The molecule has 0 saturated carbocycles. The van der Waals surface area contributed by atoms with Crippen LogP contribution in [0.1, 0.15) is 26.2 Å². The molecule has 0 aliphatic heterocycles. The molecular formula is C10H19NO. The minimum atomic E-state index is -0.120. The molecule has 0 spiro atoms. The Bertz CT molecular complexity index is 161. The van der Waals surface area contributed by atoms with Gasteiger partial charge in [-0.2, -0.15) is 0 Å². The van der Waals surface area contributed by atoms with Crippen molar-refractivity contribution in [1.82, 2.24) is 0 Å². The molecule has 0 aromatic carbocycles. The van der Waals surface area contributed by atoms with E-state index in [1.54, 1.807) is 7.11 Å². The molecule has 2 N–H and O–H groups in total. The predicted octanol–water partition coefficient (Wildman–Crippen LogP) is 1.71. The van der Waals surface area contributed by atoms with Crippen LogP contribution in [-0.2, 0) is 4.74 Å². The summed E-state index contributed by atoms with van der Waals surface area (Å²) in [6.45, 7) is 2.72. The highest BCUT2D eigenvalue weighted by molar-refractivity contribution is 4.97. The first-order valence-corrected chi connectivity index (χ1v) is 4.63. The van der Waals surface area contributed by atoms with Crippen molar-refractivity contribution in [1.29, 1.82) is 0 Å². The van der Waals surface area contributed by atoms with E-state index in [2.05, 4.69) is 19.1 Å². The lowest BCUT2D eigenvalue weighted by atomic mass is 9.80. The first-order chi connectivity index (χ1) is 5.73. The van der Waals surface area contributed by atoms with E-state index in [4.69, 9.17) is 10.5 Å². The Morgan fingerprint density at radius 3 is 2.75 bits per heavy atom. The van der Waals surface area contributed by atoms with Crippen molar-refractivity contribution < 1.29 is 4.74 Å². The Morgan fingerprint density at radius 1 is 1.58 bits per heavy atom. The maximum Gasteiger partial charge on any atom is 0.0803 e. The van der Waals surface area contributed by atoms with E-state index in [0.717, 1.165) is 6.42 Å². The van der Waals surface area contributed by atoms with Crippen LogP contribution in [0.4, 0.5) is 0 Å². The largest absolute Gasteiger partial charge is 0.377 e. The zero-order chi connectivity index (χ0) is 9.03. The van der Waals surface area contributed by atoms with Gasteiger partial charge in [-0.25, -0.2) is 0 Å². The fraction of sp³-hybridized carbons (Fsp3) is 0.800. The second kappa shape index (κ2) is 4.06. The molecule has 0 aromatic rings. The molecule has 0 saturated heterocycles. The van der Waals surface area contributed by atoms with E-state index in [1.165, 1.54) is 12.8 Å². The summed E-state index contributed by atoms with van der Waals surface area (Å²) in [4.78, 5) is 0. The maximum atomic E-state index is 5.70. The molecular weight excluding hydrogens is 150 g/mol. The Kier molecular flexibility index (Phi) is 3.29. The van der Waals surface area contributed by atoms with Crippen LogP contribution in [0.15, 0.2) is 12.2 Å². The summed E-state index contributed by atoms with van der Waals surface area (Å²) >= 11 is 0. The average molecular weight is 169 g/mol. The first kappa shape index (κ1) is 9.75. The summed E-state index contributed by atoms with van der Waals surface area (Å²) < 4.78 is 5.47. The fourth-order valence-corrected chi connectivity index (χ4v) is 1.76. The van der Waals surface area contributed by atoms with Gasteiger partial charge in [-0.15, -0.1) is 0 Å². The monoisotopic (exact) mass is 169 g/mol. The minimum Gasteiger partial charge on any atom is -0.377 e. The molecule has 0 bridgehead atoms. The number of hydrogen-bond donors (Lipinski definition) is 1. The van der Waals surface area contributed by atoms with Crippen LogP contribution in [0.5, 0.6) is 0 Å². The zero-order valence-electron chi connectivity index (χ0n) is 8.05. The van der Waals surface area contributed by atoms with Gasteiger partial charge in [0, 0.05) is 13.7 Å². The van der Waals surface area contributed by atoms with E-state index in [0.29, 0.717) is 12.5 Å². The number of ether oxygens (including phenoxy) is 1. The van der Waals surface area contributed by atoms with Crippen LogP contribution in [0, 0.1) is 5.92 Å². The molecule has 0 aromatic heterocycles. The number of methoxy groups -OCH3 is 1. The fourth-order valence-electron chi connectivity index (χ4n) is 1.76. The summed E-state index contributed by atoms with van der Waals surface area (Å²) in [7, 11) is 1.76. The van der Waals surface area contributed by atoms with Crippen molar-refractivity contribution in [2.24, 2.45) is 11.7 Å². The highest BCUT2D eigenvalue weighted by Crippen LogP contribution is 2.30. The maximum absolute atomic E-state index is 5.70. The zero-order valence-corrected chi connectivity index (χ0v) is 8.05. The van der Waals surface area contributed by atoms with Crippen molar-refractivity contribution >= 4 is 0 Å². The molecule has 12 heavy (non-hydrogen) atoms. The molecule has 0 fully saturated rings. The van der Waals surface area contributed by atoms with Crippen LogP contribution < -0.4 is 5.73 Å². The summed E-state index contributed by atoms with van der Waals surface area (Å²) in [5.74, 6) is 0.595. The molecule has 1 aliphatic rings. The Balaban J connectivity index is 2.59. The van der Waals surface area contributed by atoms with Gasteiger partial charge < -0.3 is 10.5 Å². The van der Waals surface area contributed by atoms with Gasteiger partial charge in [-0.05, 0) is 32.1 Å². The Morgan fingerprint density at radius 2 is 2.33 bits per heavy atom. The van der Waals surface area contributed by atoms with Crippen molar-refractivity contribution in [3.63, 3.8) is 0 Å². The van der Waals surface area contributed by atoms with E-state index in [1.807, 2.05) is 0 Å². The van der Waals surface area contributed by atoms with E-state index in [9.17, 15) is 0 Å². The van der Waals surface area contributed by atoms with Gasteiger partial charge in [-0.1, -0.05) is 12.2 Å². The molecule has 1 rings (SSSR count). The lowest BCUT2D eigenvalue weighted by Gasteiger charge is -2.36. The SMILES string of the molecule is COC(C)(CN)C1CC=CCC1.